The largest absolute Gasteiger partial charge is 0.494 e. The predicted molar refractivity (Wildman–Crippen MR) is 118 cm³/mol. The topological polar surface area (TPSA) is 85.5 Å². The molecule has 1 saturated heterocycles. The molecule has 3 rings (SSSR count). The van der Waals surface area contributed by atoms with E-state index in [1.165, 1.54) is 0 Å². The molecule has 1 aromatic carbocycles. The summed E-state index contributed by atoms with van der Waals surface area (Å²) in [5.41, 5.74) is 1.54. The Morgan fingerprint density at radius 3 is 2.23 bits per heavy atom. The number of rotatable bonds is 4. The van der Waals surface area contributed by atoms with Crippen LogP contribution in [0, 0.1) is 0 Å². The van der Waals surface area contributed by atoms with Crippen LogP contribution >= 0.6 is 0 Å². The number of amides is 1. The van der Waals surface area contributed by atoms with Gasteiger partial charge in [-0.2, -0.15) is 0 Å². The molecular weight excluding hydrogens is 381 g/mol. The number of nitrogens with zero attached hydrogens (tertiary/aromatic N) is 1. The van der Waals surface area contributed by atoms with E-state index < -0.39 is 11.7 Å². The molecule has 7 nitrogen and oxygen atoms in total. The molecule has 2 aromatic rings. The average molecular weight is 413 g/mol. The third-order valence-corrected chi connectivity index (χ3v) is 5.49. The van der Waals surface area contributed by atoms with E-state index in [1.54, 1.807) is 6.20 Å². The lowest BCUT2D eigenvalue weighted by Crippen LogP contribution is -2.41. The zero-order valence-corrected chi connectivity index (χ0v) is 19.1. The lowest BCUT2D eigenvalue weighted by molar-refractivity contribution is 0.00578. The monoisotopic (exact) mass is 413 g/mol. The molecule has 1 aliphatic heterocycles. The number of H-pyrrole nitrogens is 1. The van der Waals surface area contributed by atoms with Crippen molar-refractivity contribution in [3.63, 3.8) is 0 Å². The molecule has 0 aliphatic carbocycles. The molecular formula is C22H32BN3O4. The van der Waals surface area contributed by atoms with Crippen molar-refractivity contribution in [2.24, 2.45) is 0 Å². The molecule has 0 bridgehead atoms. The van der Waals surface area contributed by atoms with Crippen molar-refractivity contribution in [1.29, 1.82) is 0 Å². The van der Waals surface area contributed by atoms with E-state index in [1.807, 2.05) is 79.7 Å². The maximum Gasteiger partial charge on any atom is 0.494 e. The van der Waals surface area contributed by atoms with Gasteiger partial charge in [0.15, 0.2) is 0 Å². The molecule has 0 spiro atoms. The number of hydrogen-bond donors (Lipinski definition) is 2. The number of imidazole rings is 1. The highest BCUT2D eigenvalue weighted by atomic mass is 16.7. The summed E-state index contributed by atoms with van der Waals surface area (Å²) in [6.45, 7) is 15.5. The van der Waals surface area contributed by atoms with Gasteiger partial charge in [0.05, 0.1) is 29.1 Å². The van der Waals surface area contributed by atoms with Crippen molar-refractivity contribution in [3.05, 3.63) is 36.3 Å². The van der Waals surface area contributed by atoms with Crippen LogP contribution in [-0.4, -0.2) is 40.0 Å². The average Bonchev–Trinajstić information content (AvgIpc) is 3.16. The highest BCUT2D eigenvalue weighted by Gasteiger charge is 2.51. The van der Waals surface area contributed by atoms with Crippen LogP contribution in [0.25, 0.3) is 11.3 Å². The molecule has 1 amide bonds. The fourth-order valence-corrected chi connectivity index (χ4v) is 3.06. The van der Waals surface area contributed by atoms with Gasteiger partial charge in [-0.3, -0.25) is 0 Å². The summed E-state index contributed by atoms with van der Waals surface area (Å²) >= 11 is 0. The fraction of sp³-hybridized carbons (Fsp3) is 0.545. The Balaban J connectivity index is 1.67. The molecule has 0 saturated carbocycles. The van der Waals surface area contributed by atoms with Crippen LogP contribution in [-0.2, 0) is 14.0 Å². The lowest BCUT2D eigenvalue weighted by Gasteiger charge is -2.32. The summed E-state index contributed by atoms with van der Waals surface area (Å²) in [6.07, 6.45) is 1.28. The van der Waals surface area contributed by atoms with Crippen molar-refractivity contribution < 1.29 is 18.8 Å². The molecule has 2 N–H and O–H groups in total. The number of carbonyl (C=O) groups is 1. The second-order valence-corrected chi connectivity index (χ2v) is 9.76. The van der Waals surface area contributed by atoms with Gasteiger partial charge in [0.25, 0.3) is 0 Å². The van der Waals surface area contributed by atoms with Gasteiger partial charge in [0.2, 0.25) is 0 Å². The van der Waals surface area contributed by atoms with E-state index in [2.05, 4.69) is 15.3 Å². The molecule has 162 valence electrons. The zero-order valence-electron chi connectivity index (χ0n) is 19.1. The quantitative estimate of drug-likeness (QED) is 0.742. The Morgan fingerprint density at radius 2 is 1.70 bits per heavy atom. The fourth-order valence-electron chi connectivity index (χ4n) is 3.06. The number of aromatic nitrogens is 2. The molecule has 30 heavy (non-hydrogen) atoms. The molecule has 2 heterocycles. The molecule has 1 unspecified atom stereocenters. The predicted octanol–water partition coefficient (Wildman–Crippen LogP) is 3.96. The second kappa shape index (κ2) is 7.74. The third-order valence-electron chi connectivity index (χ3n) is 5.49. The van der Waals surface area contributed by atoms with Crippen molar-refractivity contribution in [3.8, 4) is 11.3 Å². The van der Waals surface area contributed by atoms with Crippen molar-refractivity contribution in [1.82, 2.24) is 15.3 Å². The number of nitrogens with one attached hydrogen (secondary N) is 2. The summed E-state index contributed by atoms with van der Waals surface area (Å²) < 4.78 is 17.5. The van der Waals surface area contributed by atoms with Crippen molar-refractivity contribution >= 4 is 18.7 Å². The molecule has 8 heteroatoms. The first-order chi connectivity index (χ1) is 13.8. The van der Waals surface area contributed by atoms with E-state index >= 15 is 0 Å². The highest BCUT2D eigenvalue weighted by Crippen LogP contribution is 2.36. The maximum atomic E-state index is 12.0. The minimum absolute atomic E-state index is 0.308. The molecule has 1 atom stereocenters. The summed E-state index contributed by atoms with van der Waals surface area (Å²) in [4.78, 5) is 19.6. The number of carbonyl (C=O) groups excluding carboxylic acids is 1. The third kappa shape index (κ3) is 4.87. The standard InChI is InChI=1S/C22H32BN3O4/c1-14(25-19(27)28-20(2,3)4)18-24-13-17(26-18)15-9-11-16(12-10-15)23-29-21(5,6)22(7,8)30-23/h9-14H,1-8H3,(H,24,26)(H,25,27). The Bertz CT molecular complexity index is 884. The number of benzene rings is 1. The van der Waals surface area contributed by atoms with Gasteiger partial charge in [0.1, 0.15) is 11.4 Å². The first kappa shape index (κ1) is 22.4. The smallest absolute Gasteiger partial charge is 0.444 e. The van der Waals surface area contributed by atoms with Gasteiger partial charge in [-0.1, -0.05) is 24.3 Å². The van der Waals surface area contributed by atoms with Gasteiger partial charge < -0.3 is 24.3 Å². The molecule has 0 radical (unpaired) electrons. The van der Waals surface area contributed by atoms with Crippen molar-refractivity contribution in [2.75, 3.05) is 0 Å². The summed E-state index contributed by atoms with van der Waals surface area (Å²) in [5, 5.41) is 2.79. The van der Waals surface area contributed by atoms with Crippen LogP contribution in [0.5, 0.6) is 0 Å². The minimum atomic E-state index is -0.545. The first-order valence-electron chi connectivity index (χ1n) is 10.3. The number of alkyl carbamates (subject to hydrolysis) is 1. The van der Waals surface area contributed by atoms with Gasteiger partial charge in [-0.15, -0.1) is 0 Å². The molecule has 1 aliphatic rings. The van der Waals surface area contributed by atoms with E-state index in [-0.39, 0.29) is 24.4 Å². The Morgan fingerprint density at radius 1 is 1.13 bits per heavy atom. The minimum Gasteiger partial charge on any atom is -0.444 e. The summed E-state index contributed by atoms with van der Waals surface area (Å²) in [7, 11) is -0.389. The number of ether oxygens (including phenoxy) is 1. The molecule has 1 fully saturated rings. The Labute approximate surface area is 179 Å². The normalized spacial score (nSPS) is 18.9. The van der Waals surface area contributed by atoms with E-state index in [0.717, 1.165) is 16.7 Å². The van der Waals surface area contributed by atoms with Gasteiger partial charge >= 0.3 is 13.2 Å². The van der Waals surface area contributed by atoms with E-state index in [4.69, 9.17) is 14.0 Å². The summed E-state index contributed by atoms with van der Waals surface area (Å²) in [5.74, 6) is 0.658. The van der Waals surface area contributed by atoms with Crippen molar-refractivity contribution in [2.45, 2.75) is 78.2 Å². The first-order valence-corrected chi connectivity index (χ1v) is 10.3. The second-order valence-electron chi connectivity index (χ2n) is 9.76. The SMILES string of the molecule is CC(NC(=O)OC(C)(C)C)c1ncc(-c2ccc(B3OC(C)(C)C(C)(C)O3)cc2)[nH]1. The van der Waals surface area contributed by atoms with Crippen LogP contribution in [0.2, 0.25) is 0 Å². The van der Waals surface area contributed by atoms with Crippen LogP contribution in [0.3, 0.4) is 0 Å². The van der Waals surface area contributed by atoms with Crippen LogP contribution in [0.1, 0.15) is 67.3 Å². The van der Waals surface area contributed by atoms with Gasteiger partial charge in [-0.25, -0.2) is 9.78 Å². The Kier molecular flexibility index (Phi) is 5.77. The number of aromatic amines is 1. The van der Waals surface area contributed by atoms with Crippen LogP contribution < -0.4 is 10.8 Å². The van der Waals surface area contributed by atoms with E-state index in [0.29, 0.717) is 5.82 Å². The maximum absolute atomic E-state index is 12.0. The van der Waals surface area contributed by atoms with Crippen LogP contribution in [0.4, 0.5) is 4.79 Å². The van der Waals surface area contributed by atoms with Crippen LogP contribution in [0.15, 0.2) is 30.5 Å². The lowest BCUT2D eigenvalue weighted by atomic mass is 9.79. The number of hydrogen-bond acceptors (Lipinski definition) is 5. The van der Waals surface area contributed by atoms with Gasteiger partial charge in [0, 0.05) is 0 Å². The molecule has 1 aromatic heterocycles. The summed E-state index contributed by atoms with van der Waals surface area (Å²) in [6, 6.07) is 7.70. The highest BCUT2D eigenvalue weighted by molar-refractivity contribution is 6.62. The zero-order chi connectivity index (χ0) is 22.3. The van der Waals surface area contributed by atoms with Gasteiger partial charge in [-0.05, 0) is 66.4 Å². The Hall–Kier alpha value is -2.32. The van der Waals surface area contributed by atoms with E-state index in [9.17, 15) is 4.79 Å².